The summed E-state index contributed by atoms with van der Waals surface area (Å²) in [6, 6.07) is 9.54. The van der Waals surface area contributed by atoms with Gasteiger partial charge < -0.3 is 23.7 Å². The first-order chi connectivity index (χ1) is 14.0. The van der Waals surface area contributed by atoms with Gasteiger partial charge in [-0.15, -0.1) is 0 Å². The Morgan fingerprint density at radius 1 is 1.03 bits per heavy atom. The molecule has 0 aromatic heterocycles. The van der Waals surface area contributed by atoms with Crippen LogP contribution in [0.25, 0.3) is 0 Å². The first kappa shape index (κ1) is 21.7. The van der Waals surface area contributed by atoms with Crippen molar-refractivity contribution in [2.24, 2.45) is 5.10 Å². The normalized spacial score (nSPS) is 10.7. The van der Waals surface area contributed by atoms with Crippen LogP contribution in [-0.2, 0) is 4.79 Å². The van der Waals surface area contributed by atoms with E-state index in [1.165, 1.54) is 32.6 Å². The molecular weight excluding hydrogens is 390 g/mol. The first-order valence-electron chi connectivity index (χ1n) is 8.26. The second kappa shape index (κ2) is 10.7. The summed E-state index contributed by atoms with van der Waals surface area (Å²) in [5.74, 6) is 0.490. The number of amides is 1. The van der Waals surface area contributed by atoms with E-state index in [2.05, 4.69) is 15.3 Å². The van der Waals surface area contributed by atoms with Crippen LogP contribution in [0, 0.1) is 0 Å². The van der Waals surface area contributed by atoms with Gasteiger partial charge in [0, 0.05) is 5.56 Å². The zero-order chi connectivity index (χ0) is 21.2. The van der Waals surface area contributed by atoms with Crippen LogP contribution in [0.15, 0.2) is 41.5 Å². The zero-order valence-corrected chi connectivity index (χ0v) is 16.0. The van der Waals surface area contributed by atoms with Crippen molar-refractivity contribution in [1.82, 2.24) is 5.43 Å². The Morgan fingerprint density at radius 2 is 1.62 bits per heavy atom. The lowest BCUT2D eigenvalue weighted by atomic mass is 10.2. The number of carbonyl (C=O) groups excluding carboxylic acids is 1. The first-order valence-corrected chi connectivity index (χ1v) is 8.26. The van der Waals surface area contributed by atoms with Crippen LogP contribution in [0.3, 0.4) is 0 Å². The van der Waals surface area contributed by atoms with E-state index in [4.69, 9.17) is 18.9 Å². The summed E-state index contributed by atoms with van der Waals surface area (Å²) >= 11 is 0. The number of benzene rings is 2. The van der Waals surface area contributed by atoms with Crippen molar-refractivity contribution in [3.05, 3.63) is 42.0 Å². The van der Waals surface area contributed by atoms with E-state index in [1.54, 1.807) is 31.4 Å². The SMILES string of the molecule is COc1ccc(OCC(=O)N/N=C\c2cc(OC)c(OC(F)F)c(OC)c2)cc1. The molecule has 0 saturated carbocycles. The van der Waals surface area contributed by atoms with Gasteiger partial charge in [0.25, 0.3) is 5.91 Å². The van der Waals surface area contributed by atoms with Gasteiger partial charge >= 0.3 is 6.61 Å². The lowest BCUT2D eigenvalue weighted by molar-refractivity contribution is -0.123. The number of halogens is 2. The van der Waals surface area contributed by atoms with Gasteiger partial charge in [0.1, 0.15) is 11.5 Å². The maximum absolute atomic E-state index is 12.6. The molecule has 0 radical (unpaired) electrons. The standard InChI is InChI=1S/C19H20F2N2O6/c1-25-13-4-6-14(7-5-13)28-11-17(24)23-22-10-12-8-15(26-2)18(29-19(20)21)16(9-12)27-3/h4-10,19H,11H2,1-3H3,(H,23,24)/b22-10-. The Morgan fingerprint density at radius 3 is 2.14 bits per heavy atom. The molecule has 0 aliphatic carbocycles. The number of methoxy groups -OCH3 is 3. The van der Waals surface area contributed by atoms with Crippen LogP contribution < -0.4 is 29.1 Å². The molecule has 2 aromatic rings. The van der Waals surface area contributed by atoms with Crippen LogP contribution in [0.5, 0.6) is 28.7 Å². The van der Waals surface area contributed by atoms with Gasteiger partial charge in [0.15, 0.2) is 18.1 Å². The quantitative estimate of drug-likeness (QED) is 0.479. The Labute approximate surface area is 166 Å². The molecule has 29 heavy (non-hydrogen) atoms. The molecule has 0 bridgehead atoms. The van der Waals surface area contributed by atoms with Crippen LogP contribution in [0.1, 0.15) is 5.56 Å². The summed E-state index contributed by atoms with van der Waals surface area (Å²) in [6.45, 7) is -3.29. The molecule has 1 amide bonds. The molecule has 10 heteroatoms. The number of hydrogen-bond acceptors (Lipinski definition) is 7. The smallest absolute Gasteiger partial charge is 0.387 e. The Balaban J connectivity index is 1.96. The molecule has 0 unspecified atom stereocenters. The number of hydrogen-bond donors (Lipinski definition) is 1. The fourth-order valence-corrected chi connectivity index (χ4v) is 2.21. The third-order valence-electron chi connectivity index (χ3n) is 3.52. The number of alkyl halides is 2. The molecule has 156 valence electrons. The topological polar surface area (TPSA) is 87.6 Å². The molecule has 2 rings (SSSR count). The van der Waals surface area contributed by atoms with Crippen molar-refractivity contribution in [2.75, 3.05) is 27.9 Å². The van der Waals surface area contributed by atoms with Gasteiger partial charge in [-0.2, -0.15) is 13.9 Å². The minimum Gasteiger partial charge on any atom is -0.497 e. The highest BCUT2D eigenvalue weighted by Gasteiger charge is 2.17. The summed E-state index contributed by atoms with van der Waals surface area (Å²) in [7, 11) is 4.14. The molecule has 0 atom stereocenters. The summed E-state index contributed by atoms with van der Waals surface area (Å²) in [6.07, 6.45) is 1.29. The second-order valence-electron chi connectivity index (χ2n) is 5.39. The molecule has 0 spiro atoms. The third kappa shape index (κ3) is 6.52. The van der Waals surface area contributed by atoms with E-state index in [0.29, 0.717) is 17.1 Å². The van der Waals surface area contributed by atoms with E-state index in [1.807, 2.05) is 0 Å². The van der Waals surface area contributed by atoms with E-state index in [-0.39, 0.29) is 23.9 Å². The van der Waals surface area contributed by atoms with Crippen LogP contribution in [-0.4, -0.2) is 46.7 Å². The van der Waals surface area contributed by atoms with Crippen LogP contribution in [0.4, 0.5) is 8.78 Å². The van der Waals surface area contributed by atoms with Gasteiger partial charge in [0.2, 0.25) is 5.75 Å². The van der Waals surface area contributed by atoms with E-state index in [9.17, 15) is 13.6 Å². The molecule has 0 heterocycles. The monoisotopic (exact) mass is 410 g/mol. The molecule has 1 N–H and O–H groups in total. The maximum Gasteiger partial charge on any atom is 0.387 e. The molecule has 0 aliphatic heterocycles. The fourth-order valence-electron chi connectivity index (χ4n) is 2.21. The van der Waals surface area contributed by atoms with Crippen molar-refractivity contribution in [3.8, 4) is 28.7 Å². The minimum atomic E-state index is -3.04. The highest BCUT2D eigenvalue weighted by Crippen LogP contribution is 2.39. The molecule has 0 aliphatic rings. The van der Waals surface area contributed by atoms with Gasteiger partial charge in [-0.25, -0.2) is 5.43 Å². The van der Waals surface area contributed by atoms with Crippen molar-refractivity contribution >= 4 is 12.1 Å². The summed E-state index contributed by atoms with van der Waals surface area (Å²) < 4.78 is 50.0. The largest absolute Gasteiger partial charge is 0.497 e. The second-order valence-corrected chi connectivity index (χ2v) is 5.39. The van der Waals surface area contributed by atoms with Crippen molar-refractivity contribution < 1.29 is 37.3 Å². The predicted molar refractivity (Wildman–Crippen MR) is 100 cm³/mol. The maximum atomic E-state index is 12.6. The Bertz CT molecular complexity index is 818. The molecule has 0 fully saturated rings. The number of nitrogens with zero attached hydrogens (tertiary/aromatic N) is 1. The number of carbonyl (C=O) groups is 1. The lowest BCUT2D eigenvalue weighted by Gasteiger charge is -2.14. The number of ether oxygens (including phenoxy) is 5. The summed E-state index contributed by atoms with van der Waals surface area (Å²) in [4.78, 5) is 11.8. The molecule has 2 aromatic carbocycles. The molecular formula is C19H20F2N2O6. The average molecular weight is 410 g/mol. The van der Waals surface area contributed by atoms with Crippen LogP contribution in [0.2, 0.25) is 0 Å². The van der Waals surface area contributed by atoms with E-state index >= 15 is 0 Å². The van der Waals surface area contributed by atoms with E-state index < -0.39 is 12.5 Å². The highest BCUT2D eigenvalue weighted by molar-refractivity contribution is 5.84. The van der Waals surface area contributed by atoms with Gasteiger partial charge in [0.05, 0.1) is 27.5 Å². The molecule has 0 saturated heterocycles. The highest BCUT2D eigenvalue weighted by atomic mass is 19.3. The summed E-state index contributed by atoms with van der Waals surface area (Å²) in [5, 5.41) is 3.80. The fraction of sp³-hybridized carbons (Fsp3) is 0.263. The minimum absolute atomic E-state index is 0.0280. The number of rotatable bonds is 10. The van der Waals surface area contributed by atoms with Crippen LogP contribution >= 0.6 is 0 Å². The summed E-state index contributed by atoms with van der Waals surface area (Å²) in [5.41, 5.74) is 2.72. The van der Waals surface area contributed by atoms with Gasteiger partial charge in [-0.3, -0.25) is 4.79 Å². The number of nitrogens with one attached hydrogen (secondary N) is 1. The number of hydrazone groups is 1. The average Bonchev–Trinajstić information content (AvgIpc) is 2.72. The van der Waals surface area contributed by atoms with Crippen molar-refractivity contribution in [1.29, 1.82) is 0 Å². The van der Waals surface area contributed by atoms with Crippen molar-refractivity contribution in [3.63, 3.8) is 0 Å². The van der Waals surface area contributed by atoms with Gasteiger partial charge in [-0.1, -0.05) is 0 Å². The van der Waals surface area contributed by atoms with E-state index in [0.717, 1.165) is 0 Å². The van der Waals surface area contributed by atoms with Gasteiger partial charge in [-0.05, 0) is 36.4 Å². The third-order valence-corrected chi connectivity index (χ3v) is 3.52. The zero-order valence-electron chi connectivity index (χ0n) is 16.0. The molecule has 8 nitrogen and oxygen atoms in total. The Kier molecular flexibility index (Phi) is 8.01. The Hall–Kier alpha value is -3.56. The lowest BCUT2D eigenvalue weighted by Crippen LogP contribution is -2.24. The predicted octanol–water partition coefficient (Wildman–Crippen LogP) is 2.84. The van der Waals surface area contributed by atoms with Crippen molar-refractivity contribution in [2.45, 2.75) is 6.61 Å².